The summed E-state index contributed by atoms with van der Waals surface area (Å²) < 4.78 is 43.1. The molecule has 0 saturated heterocycles. The van der Waals surface area contributed by atoms with Crippen LogP contribution in [-0.2, 0) is 9.13 Å². The summed E-state index contributed by atoms with van der Waals surface area (Å²) in [5.74, 6) is 1.21. The van der Waals surface area contributed by atoms with Gasteiger partial charge in [-0.05, 0) is 41.8 Å². The van der Waals surface area contributed by atoms with E-state index in [1.54, 1.807) is 0 Å². The van der Waals surface area contributed by atoms with E-state index in [9.17, 15) is 0 Å². The van der Waals surface area contributed by atoms with E-state index in [0.29, 0.717) is 48.4 Å². The largest absolute Gasteiger partial charge is 0.491 e. The lowest BCUT2D eigenvalue weighted by Crippen LogP contribution is -2.27. The van der Waals surface area contributed by atoms with Gasteiger partial charge in [0, 0.05) is 51.1 Å². The first-order valence-corrected chi connectivity index (χ1v) is 22.8. The van der Waals surface area contributed by atoms with Crippen molar-refractivity contribution in [2.75, 3.05) is 36.9 Å². The van der Waals surface area contributed by atoms with Crippen molar-refractivity contribution in [2.24, 2.45) is 0 Å². The van der Waals surface area contributed by atoms with E-state index in [1.807, 2.05) is 182 Å². The number of benzene rings is 8. The Morgan fingerprint density at radius 1 is 0.362 bits per heavy atom. The third-order valence-electron chi connectivity index (χ3n) is 10.1. The normalized spacial score (nSPS) is 11.5. The van der Waals surface area contributed by atoms with Crippen LogP contribution in [0.2, 0.25) is 0 Å². The van der Waals surface area contributed by atoms with Crippen molar-refractivity contribution in [3.05, 3.63) is 206 Å². The smallest absolute Gasteiger partial charge is 0.174 e. The molecule has 0 atom stereocenters. The average molecular weight is 799 g/mol. The monoisotopic (exact) mass is 798 g/mol. The molecule has 0 bridgehead atoms. The Labute approximate surface area is 340 Å². The summed E-state index contributed by atoms with van der Waals surface area (Å²) in [7, 11) is -6.42. The lowest BCUT2D eigenvalue weighted by molar-refractivity contribution is 0.335. The Hall–Kier alpha value is -6.32. The van der Waals surface area contributed by atoms with Crippen molar-refractivity contribution >= 4 is 68.3 Å². The first kappa shape index (κ1) is 38.5. The molecular formula is C50H44N2O4P2. The quantitative estimate of drug-likeness (QED) is 0.0751. The molecule has 0 aliphatic heterocycles. The SMILES string of the molecule is O=P(c1ccccc1)(c1ccccc1)c1ccccc1OCCNc1cccc2cccc(NCCOc3ccccc3P(=O)(c3ccccc3)c3ccccc3)c12. The third kappa shape index (κ3) is 7.95. The number of para-hydroxylation sites is 2. The van der Waals surface area contributed by atoms with Crippen molar-refractivity contribution in [3.63, 3.8) is 0 Å². The van der Waals surface area contributed by atoms with E-state index in [-0.39, 0.29) is 0 Å². The minimum atomic E-state index is -3.21. The van der Waals surface area contributed by atoms with Gasteiger partial charge in [-0.25, -0.2) is 0 Å². The van der Waals surface area contributed by atoms with Crippen LogP contribution >= 0.6 is 14.3 Å². The van der Waals surface area contributed by atoms with E-state index in [4.69, 9.17) is 9.47 Å². The fourth-order valence-corrected chi connectivity index (χ4v) is 13.0. The van der Waals surface area contributed by atoms with Gasteiger partial charge in [-0.3, -0.25) is 0 Å². The van der Waals surface area contributed by atoms with Crippen LogP contribution in [-0.4, -0.2) is 26.3 Å². The Kier molecular flexibility index (Phi) is 11.9. The first-order valence-electron chi connectivity index (χ1n) is 19.4. The van der Waals surface area contributed by atoms with Crippen molar-refractivity contribution in [1.29, 1.82) is 0 Å². The van der Waals surface area contributed by atoms with E-state index >= 15 is 9.13 Å². The lowest BCUT2D eigenvalue weighted by Gasteiger charge is -2.23. The van der Waals surface area contributed by atoms with Gasteiger partial charge in [0.15, 0.2) is 14.3 Å². The molecular weight excluding hydrogens is 755 g/mol. The summed E-state index contributed by atoms with van der Waals surface area (Å²) in [6.45, 7) is 1.75. The fraction of sp³-hybridized carbons (Fsp3) is 0.0800. The maximum atomic E-state index is 15.1. The van der Waals surface area contributed by atoms with Crippen LogP contribution in [0.15, 0.2) is 206 Å². The summed E-state index contributed by atoms with van der Waals surface area (Å²) in [4.78, 5) is 0. The van der Waals surface area contributed by atoms with Crippen molar-refractivity contribution < 1.29 is 18.6 Å². The molecule has 2 N–H and O–H groups in total. The summed E-state index contributed by atoms with van der Waals surface area (Å²) in [6.07, 6.45) is 0. The van der Waals surface area contributed by atoms with Crippen LogP contribution in [0.4, 0.5) is 11.4 Å². The Bertz CT molecular complexity index is 2420. The van der Waals surface area contributed by atoms with Gasteiger partial charge >= 0.3 is 0 Å². The molecule has 8 heteroatoms. The van der Waals surface area contributed by atoms with Crippen molar-refractivity contribution in [3.8, 4) is 11.5 Å². The maximum Gasteiger partial charge on any atom is 0.174 e. The summed E-state index contributed by atoms with van der Waals surface area (Å²) >= 11 is 0. The minimum absolute atomic E-state index is 0.357. The molecule has 0 spiro atoms. The van der Waals surface area contributed by atoms with Gasteiger partial charge in [0.1, 0.15) is 24.7 Å². The molecule has 0 heterocycles. The number of rotatable bonds is 16. The highest BCUT2D eigenvalue weighted by atomic mass is 31.2. The molecule has 0 fully saturated rings. The molecule has 0 aromatic heterocycles. The Morgan fingerprint density at radius 3 is 1.05 bits per heavy atom. The lowest BCUT2D eigenvalue weighted by atomic mass is 10.1. The molecule has 8 rings (SSSR count). The predicted octanol–water partition coefficient (Wildman–Crippen LogP) is 9.10. The summed E-state index contributed by atoms with van der Waals surface area (Å²) in [6, 6.07) is 66.3. The van der Waals surface area contributed by atoms with Crippen molar-refractivity contribution in [2.45, 2.75) is 0 Å². The van der Waals surface area contributed by atoms with Gasteiger partial charge in [0.05, 0.1) is 10.6 Å². The van der Waals surface area contributed by atoms with Gasteiger partial charge in [-0.15, -0.1) is 0 Å². The number of ether oxygens (including phenoxy) is 2. The first-order chi connectivity index (χ1) is 28.6. The van der Waals surface area contributed by atoms with Crippen LogP contribution in [0.25, 0.3) is 10.8 Å². The third-order valence-corrected chi connectivity index (χ3v) is 16.3. The number of fused-ring (bicyclic) bond motifs is 1. The highest BCUT2D eigenvalue weighted by Crippen LogP contribution is 2.46. The molecule has 0 amide bonds. The molecule has 8 aromatic rings. The highest BCUT2D eigenvalue weighted by molar-refractivity contribution is 7.86. The number of hydrogen-bond donors (Lipinski definition) is 2. The van der Waals surface area contributed by atoms with Gasteiger partial charge in [0.25, 0.3) is 0 Å². The highest BCUT2D eigenvalue weighted by Gasteiger charge is 2.33. The molecule has 0 saturated carbocycles. The molecule has 288 valence electrons. The molecule has 0 unspecified atom stereocenters. The Balaban J connectivity index is 0.965. The van der Waals surface area contributed by atoms with Crippen LogP contribution in [0, 0.1) is 0 Å². The average Bonchev–Trinajstić information content (AvgIpc) is 3.30. The van der Waals surface area contributed by atoms with Gasteiger partial charge in [0.2, 0.25) is 0 Å². The second-order valence-corrected chi connectivity index (χ2v) is 19.2. The van der Waals surface area contributed by atoms with Gasteiger partial charge in [-0.1, -0.05) is 170 Å². The molecule has 0 radical (unpaired) electrons. The van der Waals surface area contributed by atoms with Crippen LogP contribution < -0.4 is 51.9 Å². The second-order valence-electron chi connectivity index (χ2n) is 13.8. The molecule has 8 aromatic carbocycles. The number of nitrogens with one attached hydrogen (secondary N) is 2. The van der Waals surface area contributed by atoms with E-state index < -0.39 is 14.3 Å². The summed E-state index contributed by atoms with van der Waals surface area (Å²) in [5, 5.41) is 13.7. The van der Waals surface area contributed by atoms with E-state index in [2.05, 4.69) is 34.9 Å². The standard InChI is InChI=1S/C50H44N2O4P2/c53-57(40-21-5-1-6-22-40,41-23-7-2-8-24-41)48-33-15-13-31-46(48)55-37-35-51-44-29-17-19-39-20-18-30-45(50(39)44)52-36-38-56-47-32-14-16-34-49(47)58(54,42-25-9-3-10-26-42)43-27-11-4-12-28-43/h1-34,51-52H,35-38H2. The summed E-state index contributed by atoms with van der Waals surface area (Å²) in [5.41, 5.74) is 1.93. The van der Waals surface area contributed by atoms with E-state index in [1.165, 1.54) is 0 Å². The van der Waals surface area contributed by atoms with Crippen molar-refractivity contribution in [1.82, 2.24) is 0 Å². The second kappa shape index (κ2) is 17.9. The number of hydrogen-bond acceptors (Lipinski definition) is 6. The Morgan fingerprint density at radius 2 is 0.690 bits per heavy atom. The maximum absolute atomic E-state index is 15.1. The zero-order valence-corrected chi connectivity index (χ0v) is 33.8. The van der Waals surface area contributed by atoms with E-state index in [0.717, 1.165) is 43.4 Å². The van der Waals surface area contributed by atoms with Gasteiger partial charge in [-0.2, -0.15) is 0 Å². The zero-order valence-electron chi connectivity index (χ0n) is 32.0. The van der Waals surface area contributed by atoms with Crippen LogP contribution in [0.5, 0.6) is 11.5 Å². The van der Waals surface area contributed by atoms with Gasteiger partial charge < -0.3 is 29.2 Å². The molecule has 6 nitrogen and oxygen atoms in total. The molecule has 0 aliphatic rings. The minimum Gasteiger partial charge on any atom is -0.491 e. The molecule has 0 aliphatic carbocycles. The van der Waals surface area contributed by atoms with Crippen LogP contribution in [0.1, 0.15) is 0 Å². The zero-order chi connectivity index (χ0) is 39.6. The fourth-order valence-electron chi connectivity index (χ4n) is 7.41. The topological polar surface area (TPSA) is 76.7 Å². The van der Waals surface area contributed by atoms with Crippen LogP contribution in [0.3, 0.4) is 0 Å². The number of anilines is 2. The predicted molar refractivity (Wildman–Crippen MR) is 244 cm³/mol. The molecule has 58 heavy (non-hydrogen) atoms.